The van der Waals surface area contributed by atoms with E-state index < -0.39 is 0 Å². The maximum atomic E-state index is 11.3. The number of ketones is 1. The van der Waals surface area contributed by atoms with Gasteiger partial charge < -0.3 is 4.57 Å². The van der Waals surface area contributed by atoms with Crippen LogP contribution < -0.4 is 0 Å². The number of aryl methyl sites for hydroxylation is 2. The highest BCUT2D eigenvalue weighted by Crippen LogP contribution is 2.20. The molecule has 1 aromatic carbocycles. The molecule has 0 aliphatic rings. The van der Waals surface area contributed by atoms with Crippen LogP contribution in [0.25, 0.3) is 10.9 Å². The van der Waals surface area contributed by atoms with Gasteiger partial charge in [-0.2, -0.15) is 0 Å². The average Bonchev–Trinajstić information content (AvgIpc) is 2.25. The van der Waals surface area contributed by atoms with Crippen LogP contribution in [-0.4, -0.2) is 10.4 Å². The first-order chi connectivity index (χ1) is 7.50. The number of rotatable bonds is 1. The zero-order valence-corrected chi connectivity index (χ0v) is 10.4. The van der Waals surface area contributed by atoms with Gasteiger partial charge in [0.25, 0.3) is 0 Å². The van der Waals surface area contributed by atoms with Crippen molar-refractivity contribution in [1.82, 2.24) is 4.57 Å². The lowest BCUT2D eigenvalue weighted by Crippen LogP contribution is -1.98. The first-order valence-electron chi connectivity index (χ1n) is 5.11. The van der Waals surface area contributed by atoms with E-state index in [9.17, 15) is 4.79 Å². The van der Waals surface area contributed by atoms with E-state index in [1.807, 2.05) is 42.9 Å². The molecular weight excluding hydrogens is 218 g/mol. The van der Waals surface area contributed by atoms with Crippen LogP contribution in [0.15, 0.2) is 24.4 Å². The second-order valence-corrected chi connectivity index (χ2v) is 4.45. The first kappa shape index (κ1) is 11.0. The monoisotopic (exact) mass is 231 g/mol. The molecule has 2 nitrogen and oxygen atoms in total. The molecule has 0 radical (unpaired) electrons. The highest BCUT2D eigenvalue weighted by molar-refractivity contribution is 7.71. The lowest BCUT2D eigenvalue weighted by atomic mass is 10.1. The molecule has 0 unspecified atom stereocenters. The highest BCUT2D eigenvalue weighted by atomic mass is 32.1. The third-order valence-corrected chi connectivity index (χ3v) is 3.32. The summed E-state index contributed by atoms with van der Waals surface area (Å²) >= 11 is 5.38. The molecular formula is C13H13NOS. The number of hydrogen-bond acceptors (Lipinski definition) is 2. The smallest absolute Gasteiger partial charge is 0.159 e. The Bertz CT molecular complexity index is 640. The topological polar surface area (TPSA) is 22.0 Å². The summed E-state index contributed by atoms with van der Waals surface area (Å²) in [6.07, 6.45) is 2.01. The summed E-state index contributed by atoms with van der Waals surface area (Å²) in [5, 5.41) is 0.977. The molecule has 1 aromatic heterocycles. The Hall–Kier alpha value is -1.48. The number of pyridine rings is 1. The van der Waals surface area contributed by atoms with E-state index in [0.29, 0.717) is 5.56 Å². The third kappa shape index (κ3) is 1.67. The van der Waals surface area contributed by atoms with Crippen LogP contribution in [-0.2, 0) is 7.05 Å². The van der Waals surface area contributed by atoms with Crippen molar-refractivity contribution >= 4 is 28.9 Å². The van der Waals surface area contributed by atoms with Gasteiger partial charge in [0, 0.05) is 29.7 Å². The molecule has 0 atom stereocenters. The van der Waals surface area contributed by atoms with Gasteiger partial charge in [0.05, 0.1) is 4.51 Å². The van der Waals surface area contributed by atoms with Crippen LogP contribution >= 0.6 is 12.2 Å². The quantitative estimate of drug-likeness (QED) is 0.554. The molecule has 1 heterocycles. The van der Waals surface area contributed by atoms with Gasteiger partial charge in [0.2, 0.25) is 0 Å². The van der Waals surface area contributed by atoms with Crippen molar-refractivity contribution in [2.24, 2.45) is 7.05 Å². The van der Waals surface area contributed by atoms with Crippen LogP contribution in [0.4, 0.5) is 0 Å². The summed E-state index contributed by atoms with van der Waals surface area (Å²) in [7, 11) is 1.98. The lowest BCUT2D eigenvalue weighted by Gasteiger charge is -2.08. The van der Waals surface area contributed by atoms with Gasteiger partial charge in [-0.15, -0.1) is 0 Å². The number of hydrogen-bond donors (Lipinski definition) is 0. The van der Waals surface area contributed by atoms with Gasteiger partial charge in [-0.25, -0.2) is 0 Å². The van der Waals surface area contributed by atoms with Gasteiger partial charge in [0.1, 0.15) is 0 Å². The number of carbonyl (C=O) groups excluding carboxylic acids is 1. The molecule has 82 valence electrons. The zero-order valence-electron chi connectivity index (χ0n) is 9.57. The molecule has 0 saturated heterocycles. The zero-order chi connectivity index (χ0) is 11.9. The maximum Gasteiger partial charge on any atom is 0.159 e. The summed E-state index contributed by atoms with van der Waals surface area (Å²) in [4.78, 5) is 11.3. The Labute approximate surface area is 99.5 Å². The second-order valence-electron chi connectivity index (χ2n) is 4.04. The molecule has 0 saturated carbocycles. The van der Waals surface area contributed by atoms with Crippen molar-refractivity contribution < 1.29 is 4.79 Å². The predicted octanol–water partition coefficient (Wildman–Crippen LogP) is 3.42. The summed E-state index contributed by atoms with van der Waals surface area (Å²) in [6.45, 7) is 3.56. The molecule has 2 aromatic rings. The first-order valence-corrected chi connectivity index (χ1v) is 5.52. The van der Waals surface area contributed by atoms with E-state index in [4.69, 9.17) is 12.2 Å². The number of aromatic nitrogens is 1. The largest absolute Gasteiger partial charge is 0.350 e. The van der Waals surface area contributed by atoms with Gasteiger partial charge in [-0.05, 0) is 37.6 Å². The lowest BCUT2D eigenvalue weighted by molar-refractivity contribution is 0.101. The summed E-state index contributed by atoms with van der Waals surface area (Å²) < 4.78 is 2.86. The van der Waals surface area contributed by atoms with Crippen LogP contribution in [0.1, 0.15) is 22.8 Å². The van der Waals surface area contributed by atoms with E-state index >= 15 is 0 Å². The predicted molar refractivity (Wildman–Crippen MR) is 68.5 cm³/mol. The minimum Gasteiger partial charge on any atom is -0.350 e. The Morgan fingerprint density at radius 2 is 2.06 bits per heavy atom. The van der Waals surface area contributed by atoms with Gasteiger partial charge in [0.15, 0.2) is 5.78 Å². The van der Waals surface area contributed by atoms with Crippen molar-refractivity contribution in [3.8, 4) is 0 Å². The van der Waals surface area contributed by atoms with Crippen molar-refractivity contribution in [2.75, 3.05) is 0 Å². The minimum atomic E-state index is 0.0699. The summed E-state index contributed by atoms with van der Waals surface area (Å²) in [6, 6.07) is 5.67. The minimum absolute atomic E-state index is 0.0699. The molecule has 0 bridgehead atoms. The van der Waals surface area contributed by atoms with Crippen molar-refractivity contribution in [1.29, 1.82) is 0 Å². The van der Waals surface area contributed by atoms with Crippen molar-refractivity contribution in [2.45, 2.75) is 13.8 Å². The molecule has 3 heteroatoms. The van der Waals surface area contributed by atoms with Crippen LogP contribution in [0.2, 0.25) is 0 Å². The fourth-order valence-electron chi connectivity index (χ4n) is 1.88. The molecule has 0 N–H and O–H groups in total. The Morgan fingerprint density at radius 3 is 2.69 bits per heavy atom. The van der Waals surface area contributed by atoms with Gasteiger partial charge >= 0.3 is 0 Å². The second kappa shape index (κ2) is 3.83. The SMILES string of the molecule is CC(=O)c1ccc2c(c1)c(=S)c(C)cn2C. The molecule has 2 rings (SSSR count). The normalized spacial score (nSPS) is 10.7. The van der Waals surface area contributed by atoms with E-state index in [1.54, 1.807) is 6.92 Å². The number of Topliss-reactive ketones (excluding diaryl/α,β-unsaturated/α-hetero) is 1. The van der Waals surface area contributed by atoms with Gasteiger partial charge in [-0.1, -0.05) is 12.2 Å². The number of nitrogens with zero attached hydrogens (tertiary/aromatic N) is 1. The molecule has 0 aliphatic heterocycles. The summed E-state index contributed by atoms with van der Waals surface area (Å²) in [5.74, 6) is 0.0699. The molecule has 0 fully saturated rings. The highest BCUT2D eigenvalue weighted by Gasteiger charge is 2.05. The fraction of sp³-hybridized carbons (Fsp3) is 0.231. The molecule has 0 amide bonds. The number of fused-ring (bicyclic) bond motifs is 1. The van der Waals surface area contributed by atoms with Crippen LogP contribution in [0, 0.1) is 11.4 Å². The van der Waals surface area contributed by atoms with Crippen LogP contribution in [0.5, 0.6) is 0 Å². The summed E-state index contributed by atoms with van der Waals surface area (Å²) in [5.41, 5.74) is 2.83. The third-order valence-electron chi connectivity index (χ3n) is 2.77. The molecule has 16 heavy (non-hydrogen) atoms. The fourth-order valence-corrected chi connectivity index (χ4v) is 2.09. The number of benzene rings is 1. The molecule has 0 spiro atoms. The van der Waals surface area contributed by atoms with Crippen molar-refractivity contribution in [3.05, 3.63) is 40.0 Å². The Kier molecular flexibility index (Phi) is 2.64. The van der Waals surface area contributed by atoms with Crippen LogP contribution in [0.3, 0.4) is 0 Å². The number of carbonyl (C=O) groups is 1. The average molecular weight is 231 g/mol. The van der Waals surface area contributed by atoms with Crippen molar-refractivity contribution in [3.63, 3.8) is 0 Å². The maximum absolute atomic E-state index is 11.3. The van der Waals surface area contributed by atoms with E-state index in [0.717, 1.165) is 21.0 Å². The van der Waals surface area contributed by atoms with E-state index in [2.05, 4.69) is 0 Å². The Morgan fingerprint density at radius 1 is 1.38 bits per heavy atom. The van der Waals surface area contributed by atoms with E-state index in [-0.39, 0.29) is 5.78 Å². The Balaban J connectivity index is 2.92. The van der Waals surface area contributed by atoms with Gasteiger partial charge in [-0.3, -0.25) is 4.79 Å². The molecule has 0 aliphatic carbocycles. The van der Waals surface area contributed by atoms with E-state index in [1.165, 1.54) is 0 Å². The standard InChI is InChI=1S/C13H13NOS/c1-8-7-14(3)12-5-4-10(9(2)15)6-11(12)13(8)16/h4-7H,1-3H3.